The Balaban J connectivity index is 2.15. The maximum atomic E-state index is 12.8. The van der Waals surface area contributed by atoms with Gasteiger partial charge in [-0.1, -0.05) is 69.6 Å². The summed E-state index contributed by atoms with van der Waals surface area (Å²) in [4.78, 5) is 12.0. The van der Waals surface area contributed by atoms with Gasteiger partial charge in [0, 0.05) is 5.69 Å². The Morgan fingerprint density at radius 2 is 1.44 bits per heavy atom. The van der Waals surface area contributed by atoms with Crippen LogP contribution in [-0.4, -0.2) is 12.5 Å². The number of anilines is 1. The van der Waals surface area contributed by atoms with Gasteiger partial charge in [-0.3, -0.25) is 4.79 Å². The third kappa shape index (κ3) is 5.19. The van der Waals surface area contributed by atoms with E-state index in [1.165, 1.54) is 6.07 Å². The number of ether oxygens (including phenoxy) is 1. The molecule has 12 heteroatoms. The second-order valence-electron chi connectivity index (χ2n) is 4.93. The number of nitrogens with one attached hydrogen (secondary N) is 1. The molecule has 3 nitrogen and oxygen atoms in total. The maximum absolute atomic E-state index is 12.8. The monoisotopic (exact) mass is 499 g/mol. The zero-order valence-electron chi connectivity index (χ0n) is 12.7. The SMILES string of the molecule is O=C(COc1c(Cl)c(Cl)c(Cl)c(Cl)c1Cl)Nc1ccc(Cl)c(C(F)(F)F)c1. The first kappa shape index (κ1) is 22.5. The second-order valence-corrected chi connectivity index (χ2v) is 7.23. The van der Waals surface area contributed by atoms with Crippen LogP contribution < -0.4 is 10.1 Å². The molecule has 0 saturated heterocycles. The van der Waals surface area contributed by atoms with Crippen molar-refractivity contribution in [2.24, 2.45) is 0 Å². The minimum Gasteiger partial charge on any atom is -0.481 e. The number of halogens is 9. The van der Waals surface area contributed by atoms with Crippen molar-refractivity contribution in [2.45, 2.75) is 6.18 Å². The van der Waals surface area contributed by atoms with Gasteiger partial charge in [0.15, 0.2) is 12.4 Å². The average molecular weight is 502 g/mol. The summed E-state index contributed by atoms with van der Waals surface area (Å²) in [5.74, 6) is -0.986. The molecule has 0 unspecified atom stereocenters. The molecule has 2 aromatic rings. The molecule has 146 valence electrons. The van der Waals surface area contributed by atoms with Crippen LogP contribution in [0.1, 0.15) is 5.56 Å². The smallest absolute Gasteiger partial charge is 0.417 e. The molecule has 2 rings (SSSR count). The van der Waals surface area contributed by atoms with Gasteiger partial charge in [0.2, 0.25) is 0 Å². The van der Waals surface area contributed by atoms with Crippen LogP contribution in [-0.2, 0) is 11.0 Å². The van der Waals surface area contributed by atoms with Crippen LogP contribution >= 0.6 is 69.6 Å². The first-order chi connectivity index (χ1) is 12.4. The largest absolute Gasteiger partial charge is 0.481 e. The third-order valence-electron chi connectivity index (χ3n) is 3.07. The number of hydrogen-bond donors (Lipinski definition) is 1. The highest BCUT2D eigenvalue weighted by Crippen LogP contribution is 2.48. The number of carbonyl (C=O) groups is 1. The first-order valence-electron chi connectivity index (χ1n) is 6.74. The van der Waals surface area contributed by atoms with Gasteiger partial charge in [0.05, 0.1) is 25.7 Å². The van der Waals surface area contributed by atoms with Crippen molar-refractivity contribution in [3.05, 3.63) is 53.9 Å². The second kappa shape index (κ2) is 8.72. The maximum Gasteiger partial charge on any atom is 0.417 e. The van der Waals surface area contributed by atoms with E-state index in [-0.39, 0.29) is 36.6 Å². The molecule has 0 atom stereocenters. The van der Waals surface area contributed by atoms with E-state index in [2.05, 4.69) is 5.32 Å². The van der Waals surface area contributed by atoms with Gasteiger partial charge in [0.1, 0.15) is 10.0 Å². The Labute approximate surface area is 181 Å². The lowest BCUT2D eigenvalue weighted by molar-refractivity contribution is -0.137. The lowest BCUT2D eigenvalue weighted by Gasteiger charge is -2.14. The molecule has 0 bridgehead atoms. The highest BCUT2D eigenvalue weighted by molar-refractivity contribution is 6.55. The van der Waals surface area contributed by atoms with Crippen LogP contribution in [0.5, 0.6) is 5.75 Å². The van der Waals surface area contributed by atoms with Crippen molar-refractivity contribution in [3.8, 4) is 5.75 Å². The standard InChI is InChI=1S/C15H6Cl6F3NO2/c16-7-2-1-5(3-6(7)15(22,23)24)25-8(26)4-27-14-12(20)10(18)9(17)11(19)13(14)21/h1-3H,4H2,(H,25,26). The summed E-state index contributed by atoms with van der Waals surface area (Å²) in [5.41, 5.74) is -1.23. The zero-order chi connectivity index (χ0) is 20.5. The summed E-state index contributed by atoms with van der Waals surface area (Å²) < 4.78 is 43.7. The fraction of sp³-hybridized carbons (Fsp3) is 0.133. The molecular weight excluding hydrogens is 496 g/mol. The number of amides is 1. The Bertz CT molecular complexity index is 875. The van der Waals surface area contributed by atoms with Gasteiger partial charge in [-0.25, -0.2) is 0 Å². The Morgan fingerprint density at radius 3 is 1.96 bits per heavy atom. The van der Waals surface area contributed by atoms with Crippen molar-refractivity contribution >= 4 is 81.2 Å². The average Bonchev–Trinajstić information content (AvgIpc) is 2.59. The summed E-state index contributed by atoms with van der Waals surface area (Å²) in [7, 11) is 0. The van der Waals surface area contributed by atoms with Crippen molar-refractivity contribution in [1.29, 1.82) is 0 Å². The molecule has 0 saturated carbocycles. The number of alkyl halides is 3. The summed E-state index contributed by atoms with van der Waals surface area (Å²) in [5, 5.41) is 1.04. The van der Waals surface area contributed by atoms with E-state index in [0.717, 1.165) is 6.07 Å². The van der Waals surface area contributed by atoms with E-state index in [0.29, 0.717) is 6.07 Å². The van der Waals surface area contributed by atoms with Crippen molar-refractivity contribution < 1.29 is 22.7 Å². The Morgan fingerprint density at radius 1 is 0.926 bits per heavy atom. The van der Waals surface area contributed by atoms with Crippen molar-refractivity contribution in [2.75, 3.05) is 11.9 Å². The van der Waals surface area contributed by atoms with Crippen LogP contribution in [0.3, 0.4) is 0 Å². The summed E-state index contributed by atoms with van der Waals surface area (Å²) in [6, 6.07) is 2.90. The van der Waals surface area contributed by atoms with E-state index < -0.39 is 29.3 Å². The molecule has 0 fully saturated rings. The van der Waals surface area contributed by atoms with Crippen LogP contribution in [0.2, 0.25) is 30.1 Å². The van der Waals surface area contributed by atoms with Gasteiger partial charge in [-0.15, -0.1) is 0 Å². The predicted octanol–water partition coefficient (Wildman–Crippen LogP) is 7.64. The normalized spacial score (nSPS) is 11.4. The molecule has 1 N–H and O–H groups in total. The predicted molar refractivity (Wildman–Crippen MR) is 102 cm³/mol. The Hall–Kier alpha value is -0.760. The van der Waals surface area contributed by atoms with Crippen LogP contribution in [0, 0.1) is 0 Å². The fourth-order valence-corrected chi connectivity index (χ4v) is 3.32. The lowest BCUT2D eigenvalue weighted by Crippen LogP contribution is -2.21. The van der Waals surface area contributed by atoms with Gasteiger partial charge in [0.25, 0.3) is 5.91 Å². The van der Waals surface area contributed by atoms with Crippen molar-refractivity contribution in [3.63, 3.8) is 0 Å². The van der Waals surface area contributed by atoms with Crippen LogP contribution in [0.15, 0.2) is 18.2 Å². The van der Waals surface area contributed by atoms with E-state index >= 15 is 0 Å². The van der Waals surface area contributed by atoms with E-state index in [4.69, 9.17) is 74.3 Å². The molecular formula is C15H6Cl6F3NO2. The molecule has 0 radical (unpaired) electrons. The third-order valence-corrected chi connectivity index (χ3v) is 5.64. The van der Waals surface area contributed by atoms with E-state index in [1.54, 1.807) is 0 Å². The zero-order valence-corrected chi connectivity index (χ0v) is 17.2. The van der Waals surface area contributed by atoms with Gasteiger partial charge < -0.3 is 10.1 Å². The van der Waals surface area contributed by atoms with Crippen LogP contribution in [0.4, 0.5) is 18.9 Å². The highest BCUT2D eigenvalue weighted by atomic mass is 35.5. The molecule has 27 heavy (non-hydrogen) atoms. The van der Waals surface area contributed by atoms with Crippen molar-refractivity contribution in [1.82, 2.24) is 0 Å². The van der Waals surface area contributed by atoms with Gasteiger partial charge in [-0.2, -0.15) is 13.2 Å². The lowest BCUT2D eigenvalue weighted by atomic mass is 10.2. The minimum absolute atomic E-state index is 0.0917. The number of rotatable bonds is 4. The first-order valence-corrected chi connectivity index (χ1v) is 9.01. The topological polar surface area (TPSA) is 38.3 Å². The van der Waals surface area contributed by atoms with E-state index in [9.17, 15) is 18.0 Å². The number of hydrogen-bond acceptors (Lipinski definition) is 2. The summed E-state index contributed by atoms with van der Waals surface area (Å²) >= 11 is 35.0. The van der Waals surface area contributed by atoms with E-state index in [1.807, 2.05) is 0 Å². The molecule has 0 aliphatic carbocycles. The summed E-state index contributed by atoms with van der Waals surface area (Å²) in [6.45, 7) is -0.641. The summed E-state index contributed by atoms with van der Waals surface area (Å²) in [6.07, 6.45) is -4.67. The number of carbonyl (C=O) groups excluding carboxylic acids is 1. The van der Waals surface area contributed by atoms with Gasteiger partial charge >= 0.3 is 6.18 Å². The molecule has 0 heterocycles. The molecule has 0 aliphatic heterocycles. The number of benzene rings is 2. The minimum atomic E-state index is -4.67. The van der Waals surface area contributed by atoms with Gasteiger partial charge in [-0.05, 0) is 18.2 Å². The molecule has 0 aromatic heterocycles. The quantitative estimate of drug-likeness (QED) is 0.345. The van der Waals surface area contributed by atoms with Crippen LogP contribution in [0.25, 0.3) is 0 Å². The Kier molecular flexibility index (Phi) is 7.28. The molecule has 2 aromatic carbocycles. The fourth-order valence-electron chi connectivity index (χ4n) is 1.87. The molecule has 0 aliphatic rings. The highest BCUT2D eigenvalue weighted by Gasteiger charge is 2.33. The molecule has 0 spiro atoms. The molecule has 1 amide bonds.